The van der Waals surface area contributed by atoms with Crippen LogP contribution in [0.4, 0.5) is 0 Å². The van der Waals surface area contributed by atoms with Crippen molar-refractivity contribution in [1.82, 2.24) is 5.32 Å². The SMILES string of the molecule is CNC1CCCC(CC2COc3ccccc32)C1. The molecule has 0 spiro atoms. The van der Waals surface area contributed by atoms with Gasteiger partial charge in [-0.2, -0.15) is 0 Å². The fourth-order valence-corrected chi connectivity index (χ4v) is 3.59. The van der Waals surface area contributed by atoms with E-state index in [1.54, 1.807) is 0 Å². The summed E-state index contributed by atoms with van der Waals surface area (Å²) in [6.45, 7) is 0.889. The molecule has 1 fully saturated rings. The maximum Gasteiger partial charge on any atom is 0.122 e. The summed E-state index contributed by atoms with van der Waals surface area (Å²) in [4.78, 5) is 0. The highest BCUT2D eigenvalue weighted by molar-refractivity contribution is 5.39. The third-order valence-corrected chi connectivity index (χ3v) is 4.61. The summed E-state index contributed by atoms with van der Waals surface area (Å²) in [5, 5.41) is 3.45. The van der Waals surface area contributed by atoms with Crippen LogP contribution < -0.4 is 10.1 Å². The van der Waals surface area contributed by atoms with Crippen molar-refractivity contribution < 1.29 is 4.74 Å². The van der Waals surface area contributed by atoms with Gasteiger partial charge in [0.15, 0.2) is 0 Å². The van der Waals surface area contributed by atoms with Gasteiger partial charge in [0.2, 0.25) is 0 Å². The maximum atomic E-state index is 5.79. The molecule has 1 aromatic rings. The molecule has 1 aromatic carbocycles. The molecule has 0 amide bonds. The van der Waals surface area contributed by atoms with E-state index < -0.39 is 0 Å². The van der Waals surface area contributed by atoms with Gasteiger partial charge in [-0.25, -0.2) is 0 Å². The molecule has 2 heteroatoms. The van der Waals surface area contributed by atoms with Gasteiger partial charge in [0.25, 0.3) is 0 Å². The Hall–Kier alpha value is -1.02. The van der Waals surface area contributed by atoms with Gasteiger partial charge in [0, 0.05) is 17.5 Å². The molecule has 3 atom stereocenters. The standard InChI is InChI=1S/C16H23NO/c1-17-14-6-4-5-12(10-14)9-13-11-18-16-8-3-2-7-15(13)16/h2-3,7-8,12-14,17H,4-6,9-11H2,1H3. The molecule has 1 N–H and O–H groups in total. The van der Waals surface area contributed by atoms with Crippen molar-refractivity contribution in [2.45, 2.75) is 44.1 Å². The molecule has 98 valence electrons. The molecule has 0 radical (unpaired) electrons. The summed E-state index contributed by atoms with van der Waals surface area (Å²) in [6, 6.07) is 9.29. The van der Waals surface area contributed by atoms with Gasteiger partial charge in [-0.05, 0) is 38.3 Å². The molecule has 0 saturated heterocycles. The van der Waals surface area contributed by atoms with Crippen molar-refractivity contribution in [3.63, 3.8) is 0 Å². The molecule has 3 rings (SSSR count). The highest BCUT2D eigenvalue weighted by Gasteiger charge is 2.29. The van der Waals surface area contributed by atoms with Crippen LogP contribution in [0.3, 0.4) is 0 Å². The Morgan fingerprint density at radius 2 is 2.17 bits per heavy atom. The summed E-state index contributed by atoms with van der Waals surface area (Å²) >= 11 is 0. The number of benzene rings is 1. The number of hydrogen-bond donors (Lipinski definition) is 1. The predicted molar refractivity (Wildman–Crippen MR) is 74.1 cm³/mol. The first kappa shape index (κ1) is 12.0. The molecule has 0 aromatic heterocycles. The molecule has 1 heterocycles. The van der Waals surface area contributed by atoms with Gasteiger partial charge >= 0.3 is 0 Å². The monoisotopic (exact) mass is 245 g/mol. The van der Waals surface area contributed by atoms with Gasteiger partial charge < -0.3 is 10.1 Å². The van der Waals surface area contributed by atoms with E-state index in [0.29, 0.717) is 5.92 Å². The first-order valence-electron chi connectivity index (χ1n) is 7.26. The quantitative estimate of drug-likeness (QED) is 0.882. The van der Waals surface area contributed by atoms with Crippen LogP contribution in [0.15, 0.2) is 24.3 Å². The van der Waals surface area contributed by atoms with Crippen molar-refractivity contribution >= 4 is 0 Å². The second-order valence-corrected chi connectivity index (χ2v) is 5.80. The Labute approximate surface area is 110 Å². The van der Waals surface area contributed by atoms with Crippen LogP contribution in [0.5, 0.6) is 5.75 Å². The minimum absolute atomic E-state index is 0.627. The summed E-state index contributed by atoms with van der Waals surface area (Å²) in [6.07, 6.45) is 6.78. The first-order valence-corrected chi connectivity index (χ1v) is 7.26. The van der Waals surface area contributed by atoms with E-state index in [1.807, 2.05) is 0 Å². The highest BCUT2D eigenvalue weighted by atomic mass is 16.5. The van der Waals surface area contributed by atoms with E-state index in [0.717, 1.165) is 24.3 Å². The molecule has 0 bridgehead atoms. The third-order valence-electron chi connectivity index (χ3n) is 4.61. The summed E-state index contributed by atoms with van der Waals surface area (Å²) in [7, 11) is 2.10. The van der Waals surface area contributed by atoms with E-state index >= 15 is 0 Å². The molecule has 2 aliphatic rings. The van der Waals surface area contributed by atoms with E-state index in [2.05, 4.69) is 36.6 Å². The molecule has 3 unspecified atom stereocenters. The Morgan fingerprint density at radius 3 is 3.06 bits per heavy atom. The zero-order valence-electron chi connectivity index (χ0n) is 11.2. The maximum absolute atomic E-state index is 5.79. The molecule has 18 heavy (non-hydrogen) atoms. The molecule has 2 nitrogen and oxygen atoms in total. The van der Waals surface area contributed by atoms with E-state index in [4.69, 9.17) is 4.74 Å². The van der Waals surface area contributed by atoms with Crippen LogP contribution in [0.2, 0.25) is 0 Å². The minimum Gasteiger partial charge on any atom is -0.493 e. The lowest BCUT2D eigenvalue weighted by Gasteiger charge is -2.30. The Balaban J connectivity index is 1.64. The lowest BCUT2D eigenvalue weighted by molar-refractivity contribution is 0.248. The van der Waals surface area contributed by atoms with Crippen LogP contribution in [0, 0.1) is 5.92 Å². The minimum atomic E-state index is 0.627. The topological polar surface area (TPSA) is 21.3 Å². The average molecular weight is 245 g/mol. The number of nitrogens with one attached hydrogen (secondary N) is 1. The normalized spacial score (nSPS) is 30.8. The van der Waals surface area contributed by atoms with Crippen molar-refractivity contribution in [1.29, 1.82) is 0 Å². The Morgan fingerprint density at radius 1 is 1.28 bits per heavy atom. The fraction of sp³-hybridized carbons (Fsp3) is 0.625. The van der Waals surface area contributed by atoms with E-state index in [1.165, 1.54) is 37.7 Å². The lowest BCUT2D eigenvalue weighted by atomic mass is 9.79. The number of rotatable bonds is 3. The van der Waals surface area contributed by atoms with E-state index in [9.17, 15) is 0 Å². The van der Waals surface area contributed by atoms with Gasteiger partial charge in [-0.3, -0.25) is 0 Å². The van der Waals surface area contributed by atoms with Crippen molar-refractivity contribution in [3.05, 3.63) is 29.8 Å². The third kappa shape index (κ3) is 2.39. The zero-order chi connectivity index (χ0) is 12.4. The summed E-state index contributed by atoms with van der Waals surface area (Å²) in [5.41, 5.74) is 1.43. The summed E-state index contributed by atoms with van der Waals surface area (Å²) in [5.74, 6) is 2.61. The second-order valence-electron chi connectivity index (χ2n) is 5.80. The number of fused-ring (bicyclic) bond motifs is 1. The van der Waals surface area contributed by atoms with Gasteiger partial charge in [0.1, 0.15) is 5.75 Å². The van der Waals surface area contributed by atoms with Crippen LogP contribution in [-0.4, -0.2) is 19.7 Å². The van der Waals surface area contributed by atoms with Crippen molar-refractivity contribution in [2.75, 3.05) is 13.7 Å². The fourth-order valence-electron chi connectivity index (χ4n) is 3.59. The van der Waals surface area contributed by atoms with Gasteiger partial charge in [-0.1, -0.05) is 31.0 Å². The number of para-hydroxylation sites is 1. The first-order chi connectivity index (χ1) is 8.86. The molecular formula is C16H23NO. The summed E-state index contributed by atoms with van der Waals surface area (Å²) < 4.78 is 5.79. The van der Waals surface area contributed by atoms with Crippen LogP contribution >= 0.6 is 0 Å². The second kappa shape index (κ2) is 5.31. The van der Waals surface area contributed by atoms with Crippen LogP contribution in [-0.2, 0) is 0 Å². The zero-order valence-corrected chi connectivity index (χ0v) is 11.2. The van der Waals surface area contributed by atoms with Gasteiger partial charge in [0.05, 0.1) is 6.61 Å². The van der Waals surface area contributed by atoms with Crippen molar-refractivity contribution in [3.8, 4) is 5.75 Å². The highest BCUT2D eigenvalue weighted by Crippen LogP contribution is 2.40. The molecule has 1 aliphatic heterocycles. The smallest absolute Gasteiger partial charge is 0.122 e. The van der Waals surface area contributed by atoms with Crippen LogP contribution in [0.1, 0.15) is 43.6 Å². The average Bonchev–Trinajstić information content (AvgIpc) is 2.83. The van der Waals surface area contributed by atoms with Gasteiger partial charge in [-0.15, -0.1) is 0 Å². The lowest BCUT2D eigenvalue weighted by Crippen LogP contribution is -2.31. The van der Waals surface area contributed by atoms with Crippen LogP contribution in [0.25, 0.3) is 0 Å². The Bertz CT molecular complexity index is 404. The largest absolute Gasteiger partial charge is 0.493 e. The predicted octanol–water partition coefficient (Wildman–Crippen LogP) is 3.33. The van der Waals surface area contributed by atoms with Crippen molar-refractivity contribution in [2.24, 2.45) is 5.92 Å². The number of ether oxygens (including phenoxy) is 1. The molecule has 1 aliphatic carbocycles. The Kier molecular flexibility index (Phi) is 3.55. The number of hydrogen-bond acceptors (Lipinski definition) is 2. The molecule has 1 saturated carbocycles. The molecular weight excluding hydrogens is 222 g/mol. The van der Waals surface area contributed by atoms with E-state index in [-0.39, 0.29) is 0 Å².